The molecule has 0 aliphatic rings. The Labute approximate surface area is 148 Å². The number of alkyl halides is 3. The number of H-pyrrole nitrogens is 1. The van der Waals surface area contributed by atoms with E-state index in [2.05, 4.69) is 30.4 Å². The van der Waals surface area contributed by atoms with Crippen molar-refractivity contribution in [2.24, 2.45) is 0 Å². The summed E-state index contributed by atoms with van der Waals surface area (Å²) in [6.07, 6.45) is 0.319. The molecular formula is C16H9F3N6S. The highest BCUT2D eigenvalue weighted by atomic mass is 32.2. The van der Waals surface area contributed by atoms with Crippen LogP contribution < -0.4 is 0 Å². The molecule has 10 heteroatoms. The van der Waals surface area contributed by atoms with E-state index in [0.29, 0.717) is 32.3 Å². The van der Waals surface area contributed by atoms with Crippen LogP contribution in [-0.4, -0.2) is 30.4 Å². The summed E-state index contributed by atoms with van der Waals surface area (Å²) in [5, 5.41) is 10.8. The maximum absolute atomic E-state index is 12.7. The van der Waals surface area contributed by atoms with Crippen LogP contribution >= 0.6 is 11.8 Å². The summed E-state index contributed by atoms with van der Waals surface area (Å²) < 4.78 is 38.0. The molecule has 0 unspecified atom stereocenters. The topological polar surface area (TPSA) is 80.2 Å². The summed E-state index contributed by atoms with van der Waals surface area (Å²) >= 11 is 1.22. The standard InChI is InChI=1S/C16H9F3N6S/c17-16(18,19)10-1-3-11(4-2-10)26-15-13(20-5-6-21-15)9-7-12-14(22-8-9)24-25-23-12/h1-8H,(H,22,23,24,25). The molecule has 0 fully saturated rings. The Bertz CT molecular complexity index is 1060. The number of aromatic nitrogens is 6. The normalized spacial score (nSPS) is 11.8. The lowest BCUT2D eigenvalue weighted by Crippen LogP contribution is -2.03. The van der Waals surface area contributed by atoms with Gasteiger partial charge in [0, 0.05) is 29.0 Å². The molecular weight excluding hydrogens is 365 g/mol. The molecule has 0 aliphatic carbocycles. The zero-order chi connectivity index (χ0) is 18.1. The molecule has 0 bridgehead atoms. The van der Waals surface area contributed by atoms with Crippen LogP contribution in [0.2, 0.25) is 0 Å². The zero-order valence-electron chi connectivity index (χ0n) is 12.9. The Kier molecular flexibility index (Phi) is 4.03. The Morgan fingerprint density at radius 3 is 2.50 bits per heavy atom. The van der Waals surface area contributed by atoms with E-state index in [9.17, 15) is 13.2 Å². The first kappa shape index (κ1) is 16.5. The van der Waals surface area contributed by atoms with Gasteiger partial charge in [0.1, 0.15) is 16.2 Å². The minimum Gasteiger partial charge on any atom is -0.252 e. The first-order valence-corrected chi connectivity index (χ1v) is 8.16. The van der Waals surface area contributed by atoms with Gasteiger partial charge in [-0.1, -0.05) is 17.0 Å². The minimum atomic E-state index is -4.36. The van der Waals surface area contributed by atoms with Crippen molar-refractivity contribution in [2.75, 3.05) is 0 Å². The average molecular weight is 374 g/mol. The molecule has 0 amide bonds. The van der Waals surface area contributed by atoms with E-state index in [1.54, 1.807) is 18.5 Å². The van der Waals surface area contributed by atoms with E-state index in [0.717, 1.165) is 12.1 Å². The van der Waals surface area contributed by atoms with Crippen LogP contribution in [0.4, 0.5) is 13.2 Å². The fourth-order valence-corrected chi connectivity index (χ4v) is 3.17. The van der Waals surface area contributed by atoms with E-state index >= 15 is 0 Å². The van der Waals surface area contributed by atoms with Gasteiger partial charge in [0.15, 0.2) is 5.65 Å². The number of benzene rings is 1. The van der Waals surface area contributed by atoms with Crippen molar-refractivity contribution in [1.82, 2.24) is 30.4 Å². The van der Waals surface area contributed by atoms with Crippen LogP contribution in [0.5, 0.6) is 0 Å². The maximum atomic E-state index is 12.7. The van der Waals surface area contributed by atoms with Gasteiger partial charge in [-0.3, -0.25) is 4.98 Å². The Balaban J connectivity index is 1.67. The Morgan fingerprint density at radius 2 is 1.73 bits per heavy atom. The van der Waals surface area contributed by atoms with Gasteiger partial charge in [0.25, 0.3) is 0 Å². The summed E-state index contributed by atoms with van der Waals surface area (Å²) in [5.41, 5.74) is 1.69. The smallest absolute Gasteiger partial charge is 0.252 e. The molecule has 130 valence electrons. The van der Waals surface area contributed by atoms with Gasteiger partial charge in [0.05, 0.1) is 5.56 Å². The Hall–Kier alpha value is -3.01. The number of halogens is 3. The second-order valence-electron chi connectivity index (χ2n) is 5.24. The van der Waals surface area contributed by atoms with Gasteiger partial charge in [-0.2, -0.15) is 13.2 Å². The predicted octanol–water partition coefficient (Wildman–Crippen LogP) is 3.98. The van der Waals surface area contributed by atoms with Crippen LogP contribution in [0.1, 0.15) is 5.56 Å². The van der Waals surface area contributed by atoms with E-state index < -0.39 is 11.7 Å². The minimum absolute atomic E-state index is 0.551. The lowest BCUT2D eigenvalue weighted by Gasteiger charge is -2.09. The summed E-state index contributed by atoms with van der Waals surface area (Å²) in [7, 11) is 0. The molecule has 1 N–H and O–H groups in total. The second kappa shape index (κ2) is 6.37. The van der Waals surface area contributed by atoms with Crippen LogP contribution in [0, 0.1) is 0 Å². The molecule has 26 heavy (non-hydrogen) atoms. The van der Waals surface area contributed by atoms with Crippen molar-refractivity contribution < 1.29 is 13.2 Å². The van der Waals surface area contributed by atoms with Crippen LogP contribution in [0.3, 0.4) is 0 Å². The SMILES string of the molecule is FC(F)(F)c1ccc(Sc2nccnc2-c2cnc3[nH]nnc3c2)cc1. The molecule has 4 rings (SSSR count). The number of aromatic amines is 1. The van der Waals surface area contributed by atoms with Gasteiger partial charge in [-0.15, -0.1) is 5.10 Å². The monoisotopic (exact) mass is 374 g/mol. The molecule has 0 saturated carbocycles. The highest BCUT2D eigenvalue weighted by Crippen LogP contribution is 2.35. The largest absolute Gasteiger partial charge is 0.416 e. The van der Waals surface area contributed by atoms with Crippen molar-refractivity contribution in [3.05, 3.63) is 54.5 Å². The van der Waals surface area contributed by atoms with Gasteiger partial charge in [0.2, 0.25) is 0 Å². The van der Waals surface area contributed by atoms with E-state index in [4.69, 9.17) is 0 Å². The van der Waals surface area contributed by atoms with Gasteiger partial charge in [-0.05, 0) is 30.3 Å². The molecule has 0 radical (unpaired) electrons. The van der Waals surface area contributed by atoms with Crippen molar-refractivity contribution in [3.8, 4) is 11.3 Å². The van der Waals surface area contributed by atoms with E-state index in [1.165, 1.54) is 30.1 Å². The van der Waals surface area contributed by atoms with Crippen molar-refractivity contribution >= 4 is 22.9 Å². The van der Waals surface area contributed by atoms with Crippen LogP contribution in [0.15, 0.2) is 58.8 Å². The number of nitrogens with zero attached hydrogens (tertiary/aromatic N) is 5. The van der Waals surface area contributed by atoms with Crippen molar-refractivity contribution in [2.45, 2.75) is 16.1 Å². The molecule has 0 atom stereocenters. The van der Waals surface area contributed by atoms with E-state index in [1.807, 2.05) is 0 Å². The van der Waals surface area contributed by atoms with Gasteiger partial charge >= 0.3 is 6.18 Å². The number of fused-ring (bicyclic) bond motifs is 1. The molecule has 3 aromatic heterocycles. The summed E-state index contributed by atoms with van der Waals surface area (Å²) in [4.78, 5) is 13.5. The second-order valence-corrected chi connectivity index (χ2v) is 6.30. The highest BCUT2D eigenvalue weighted by Gasteiger charge is 2.30. The summed E-state index contributed by atoms with van der Waals surface area (Å²) in [6.45, 7) is 0. The van der Waals surface area contributed by atoms with Crippen molar-refractivity contribution in [3.63, 3.8) is 0 Å². The number of hydrogen-bond acceptors (Lipinski definition) is 6. The first-order valence-electron chi connectivity index (χ1n) is 7.34. The zero-order valence-corrected chi connectivity index (χ0v) is 13.7. The summed E-state index contributed by atoms with van der Waals surface area (Å²) in [6, 6.07) is 6.67. The molecule has 4 aromatic rings. The third-order valence-electron chi connectivity index (χ3n) is 3.52. The molecule has 0 aliphatic heterocycles. The number of pyridine rings is 1. The summed E-state index contributed by atoms with van der Waals surface area (Å²) in [5.74, 6) is 0. The van der Waals surface area contributed by atoms with Gasteiger partial charge < -0.3 is 0 Å². The number of nitrogens with one attached hydrogen (secondary N) is 1. The maximum Gasteiger partial charge on any atom is 0.416 e. The molecule has 3 heterocycles. The third kappa shape index (κ3) is 3.23. The average Bonchev–Trinajstić information content (AvgIpc) is 3.09. The lowest BCUT2D eigenvalue weighted by atomic mass is 10.2. The van der Waals surface area contributed by atoms with Crippen molar-refractivity contribution in [1.29, 1.82) is 0 Å². The Morgan fingerprint density at radius 1 is 0.962 bits per heavy atom. The third-order valence-corrected chi connectivity index (χ3v) is 4.52. The molecule has 6 nitrogen and oxygen atoms in total. The van der Waals surface area contributed by atoms with Crippen LogP contribution in [-0.2, 0) is 6.18 Å². The molecule has 0 spiro atoms. The fourth-order valence-electron chi connectivity index (χ4n) is 2.29. The van der Waals surface area contributed by atoms with E-state index in [-0.39, 0.29) is 0 Å². The first-order chi connectivity index (χ1) is 12.5. The number of rotatable bonds is 3. The molecule has 1 aromatic carbocycles. The molecule has 0 saturated heterocycles. The highest BCUT2D eigenvalue weighted by molar-refractivity contribution is 7.99. The predicted molar refractivity (Wildman–Crippen MR) is 88.3 cm³/mol. The van der Waals surface area contributed by atoms with Crippen LogP contribution in [0.25, 0.3) is 22.4 Å². The fraction of sp³-hybridized carbons (Fsp3) is 0.0625. The quantitative estimate of drug-likeness (QED) is 0.584. The lowest BCUT2D eigenvalue weighted by molar-refractivity contribution is -0.137. The van der Waals surface area contributed by atoms with Gasteiger partial charge in [-0.25, -0.2) is 15.1 Å². The number of hydrogen-bond donors (Lipinski definition) is 1.